The quantitative estimate of drug-likeness (QED) is 0.497. The number of hydrogen-bond acceptors (Lipinski definition) is 6. The molecule has 0 aromatic carbocycles. The van der Waals surface area contributed by atoms with E-state index in [1.165, 1.54) is 12.8 Å². The van der Waals surface area contributed by atoms with Crippen LogP contribution >= 0.6 is 11.3 Å². The molecule has 2 saturated heterocycles. The average Bonchev–Trinajstić information content (AvgIpc) is 3.50. The van der Waals surface area contributed by atoms with Gasteiger partial charge in [-0.1, -0.05) is 18.9 Å². The van der Waals surface area contributed by atoms with Crippen LogP contribution in [0.5, 0.6) is 0 Å². The molecule has 7 nitrogen and oxygen atoms in total. The third-order valence-electron chi connectivity index (χ3n) is 6.69. The number of nitrogens with two attached hydrogens (primary N) is 1. The molecule has 8 heteroatoms. The van der Waals surface area contributed by atoms with E-state index in [1.807, 2.05) is 35.8 Å². The van der Waals surface area contributed by atoms with Crippen LogP contribution in [0.3, 0.4) is 0 Å². The fourth-order valence-electron chi connectivity index (χ4n) is 5.19. The number of hydrogen-bond donors (Lipinski definition) is 1. The Morgan fingerprint density at radius 2 is 1.84 bits per heavy atom. The Labute approximate surface area is 189 Å². The van der Waals surface area contributed by atoms with Gasteiger partial charge in [-0.3, -0.25) is 4.79 Å². The fourth-order valence-corrected chi connectivity index (χ4v) is 5.89. The van der Waals surface area contributed by atoms with Gasteiger partial charge >= 0.3 is 0 Å². The summed E-state index contributed by atoms with van der Waals surface area (Å²) in [6.45, 7) is 0. The predicted molar refractivity (Wildman–Crippen MR) is 125 cm³/mol. The van der Waals surface area contributed by atoms with E-state index in [0.717, 1.165) is 41.8 Å². The second kappa shape index (κ2) is 7.70. The summed E-state index contributed by atoms with van der Waals surface area (Å²) in [6.07, 6.45) is 10.4. The van der Waals surface area contributed by atoms with E-state index in [4.69, 9.17) is 10.7 Å². The zero-order valence-electron chi connectivity index (χ0n) is 17.6. The standard InChI is InChI=1S/C24H24N6OS/c25-22-13-15(24(31)30-16-4-1-2-5-17(30)8-7-16)12-20(27-22)18-14-26-29-10-9-19(28-23(18)29)21-6-3-11-32-21/h3,6,9-14,16-17H,1-2,4-5,7-8H2,(H2,25,27). The SMILES string of the molecule is Nc1cc(C(=O)N2C3CCCCC2CC3)cc(-c2cnn3ccc(-c4cccs4)nc23)n1. The summed E-state index contributed by atoms with van der Waals surface area (Å²) in [7, 11) is 0. The van der Waals surface area contributed by atoms with Crippen molar-refractivity contribution in [1.82, 2.24) is 24.5 Å². The average molecular weight is 445 g/mol. The lowest BCUT2D eigenvalue weighted by atomic mass is 10.0. The van der Waals surface area contributed by atoms with Crippen molar-refractivity contribution in [3.8, 4) is 21.8 Å². The first kappa shape index (κ1) is 19.4. The minimum Gasteiger partial charge on any atom is -0.384 e. The van der Waals surface area contributed by atoms with Gasteiger partial charge in [0.2, 0.25) is 0 Å². The fraction of sp³-hybridized carbons (Fsp3) is 0.333. The smallest absolute Gasteiger partial charge is 0.254 e. The molecule has 6 heterocycles. The first-order chi connectivity index (χ1) is 15.7. The summed E-state index contributed by atoms with van der Waals surface area (Å²) in [4.78, 5) is 26.1. The van der Waals surface area contributed by atoms with Gasteiger partial charge in [-0.2, -0.15) is 5.10 Å². The van der Waals surface area contributed by atoms with Gasteiger partial charge in [0.25, 0.3) is 5.91 Å². The molecule has 0 spiro atoms. The summed E-state index contributed by atoms with van der Waals surface area (Å²) in [5.74, 6) is 0.403. The maximum Gasteiger partial charge on any atom is 0.254 e. The number of anilines is 1. The van der Waals surface area contributed by atoms with E-state index in [1.54, 1.807) is 28.1 Å². The highest BCUT2D eigenvalue weighted by Gasteiger charge is 2.38. The van der Waals surface area contributed by atoms with E-state index >= 15 is 0 Å². The van der Waals surface area contributed by atoms with Gasteiger partial charge in [-0.05, 0) is 55.3 Å². The number of aromatic nitrogens is 4. The van der Waals surface area contributed by atoms with E-state index in [0.29, 0.717) is 34.8 Å². The molecule has 1 amide bonds. The van der Waals surface area contributed by atoms with Gasteiger partial charge in [0, 0.05) is 23.8 Å². The number of pyridine rings is 1. The number of nitrogens with zero attached hydrogens (tertiary/aromatic N) is 5. The molecule has 0 saturated carbocycles. The number of thiophene rings is 1. The largest absolute Gasteiger partial charge is 0.384 e. The Kier molecular flexibility index (Phi) is 4.68. The van der Waals surface area contributed by atoms with Crippen LogP contribution in [-0.4, -0.2) is 42.5 Å². The Balaban J connectivity index is 1.41. The monoisotopic (exact) mass is 444 g/mol. The summed E-state index contributed by atoms with van der Waals surface area (Å²) in [5, 5.41) is 6.47. The highest BCUT2D eigenvalue weighted by molar-refractivity contribution is 7.13. The van der Waals surface area contributed by atoms with Crippen LogP contribution < -0.4 is 5.73 Å². The van der Waals surface area contributed by atoms with Gasteiger partial charge in [-0.15, -0.1) is 11.3 Å². The van der Waals surface area contributed by atoms with Crippen molar-refractivity contribution in [2.24, 2.45) is 0 Å². The molecule has 2 fully saturated rings. The van der Waals surface area contributed by atoms with Crippen LogP contribution in [0.1, 0.15) is 48.9 Å². The molecule has 6 rings (SSSR count). The molecule has 0 radical (unpaired) electrons. The zero-order valence-corrected chi connectivity index (χ0v) is 18.5. The van der Waals surface area contributed by atoms with Crippen molar-refractivity contribution in [3.63, 3.8) is 0 Å². The molecule has 4 aromatic heterocycles. The van der Waals surface area contributed by atoms with Gasteiger partial charge in [-0.25, -0.2) is 14.5 Å². The molecular weight excluding hydrogens is 420 g/mol. The predicted octanol–water partition coefficient (Wildman–Crippen LogP) is 4.65. The number of carbonyl (C=O) groups is 1. The van der Waals surface area contributed by atoms with Crippen molar-refractivity contribution in [2.75, 3.05) is 5.73 Å². The van der Waals surface area contributed by atoms with E-state index < -0.39 is 0 Å². The first-order valence-corrected chi connectivity index (χ1v) is 12.0. The molecule has 2 atom stereocenters. The second-order valence-corrected chi connectivity index (χ2v) is 9.61. The van der Waals surface area contributed by atoms with Crippen LogP contribution in [0.4, 0.5) is 5.82 Å². The summed E-state index contributed by atoms with van der Waals surface area (Å²) < 4.78 is 1.73. The highest BCUT2D eigenvalue weighted by Crippen LogP contribution is 2.36. The summed E-state index contributed by atoms with van der Waals surface area (Å²) in [6, 6.07) is 10.2. The lowest BCUT2D eigenvalue weighted by Gasteiger charge is -2.28. The number of rotatable bonds is 3. The lowest BCUT2D eigenvalue weighted by molar-refractivity contribution is 0.0671. The van der Waals surface area contributed by atoms with Crippen molar-refractivity contribution in [3.05, 3.63) is 53.7 Å². The van der Waals surface area contributed by atoms with Gasteiger partial charge in [0.05, 0.1) is 28.0 Å². The Morgan fingerprint density at radius 1 is 1.03 bits per heavy atom. The summed E-state index contributed by atoms with van der Waals surface area (Å²) in [5.41, 5.74) is 9.74. The van der Waals surface area contributed by atoms with Crippen LogP contribution in [0.15, 0.2) is 48.1 Å². The minimum atomic E-state index is 0.0680. The summed E-state index contributed by atoms with van der Waals surface area (Å²) >= 11 is 1.64. The highest BCUT2D eigenvalue weighted by atomic mass is 32.1. The Bertz CT molecular complexity index is 1280. The molecular formula is C24H24N6OS. The molecule has 2 aliphatic rings. The van der Waals surface area contributed by atoms with Crippen LogP contribution in [-0.2, 0) is 0 Å². The van der Waals surface area contributed by atoms with Gasteiger partial charge < -0.3 is 10.6 Å². The van der Waals surface area contributed by atoms with Gasteiger partial charge in [0.15, 0.2) is 5.65 Å². The Hall–Kier alpha value is -3.26. The van der Waals surface area contributed by atoms with Crippen molar-refractivity contribution >= 4 is 28.7 Å². The molecule has 2 bridgehead atoms. The lowest BCUT2D eigenvalue weighted by Crippen LogP contribution is -2.40. The van der Waals surface area contributed by atoms with Gasteiger partial charge in [0.1, 0.15) is 5.82 Å². The van der Waals surface area contributed by atoms with Crippen molar-refractivity contribution in [2.45, 2.75) is 50.6 Å². The zero-order chi connectivity index (χ0) is 21.7. The molecule has 2 unspecified atom stereocenters. The number of amides is 1. The van der Waals surface area contributed by atoms with E-state index in [2.05, 4.69) is 15.0 Å². The van der Waals surface area contributed by atoms with Crippen LogP contribution in [0.2, 0.25) is 0 Å². The van der Waals surface area contributed by atoms with E-state index in [9.17, 15) is 4.79 Å². The molecule has 0 aliphatic carbocycles. The molecule has 2 aliphatic heterocycles. The topological polar surface area (TPSA) is 89.4 Å². The minimum absolute atomic E-state index is 0.0680. The first-order valence-electron chi connectivity index (χ1n) is 11.2. The molecule has 2 N–H and O–H groups in total. The molecule has 32 heavy (non-hydrogen) atoms. The van der Waals surface area contributed by atoms with Crippen molar-refractivity contribution < 1.29 is 4.79 Å². The van der Waals surface area contributed by atoms with Crippen molar-refractivity contribution in [1.29, 1.82) is 0 Å². The number of fused-ring (bicyclic) bond motifs is 3. The van der Waals surface area contributed by atoms with E-state index in [-0.39, 0.29) is 5.91 Å². The Morgan fingerprint density at radius 3 is 2.59 bits per heavy atom. The normalized spacial score (nSPS) is 20.6. The molecule has 4 aromatic rings. The number of nitrogen functional groups attached to an aromatic ring is 1. The number of carbonyl (C=O) groups excluding carboxylic acids is 1. The van der Waals surface area contributed by atoms with Crippen LogP contribution in [0.25, 0.3) is 27.5 Å². The second-order valence-electron chi connectivity index (χ2n) is 8.66. The van der Waals surface area contributed by atoms with Crippen LogP contribution in [0, 0.1) is 0 Å². The molecule has 162 valence electrons. The maximum absolute atomic E-state index is 13.6. The maximum atomic E-state index is 13.6. The third kappa shape index (κ3) is 3.26. The third-order valence-corrected chi connectivity index (χ3v) is 7.58.